The SMILES string of the molecule is C[C@@H](Oc1cc(Br)cnc1N(CC(=O)OC(C)(C)C)C(=O)OC(C)(C)C)c1cc(F)ccc1C(=O)NCc1cc(C#N)n(C)n1. The van der Waals surface area contributed by atoms with Gasteiger partial charge in [-0.3, -0.25) is 14.3 Å². The first-order valence-corrected chi connectivity index (χ1v) is 14.7. The van der Waals surface area contributed by atoms with Gasteiger partial charge < -0.3 is 19.5 Å². The van der Waals surface area contributed by atoms with Crippen LogP contribution in [0, 0.1) is 17.1 Å². The van der Waals surface area contributed by atoms with Crippen LogP contribution in [-0.4, -0.2) is 50.5 Å². The maximum atomic E-state index is 14.5. The highest BCUT2D eigenvalue weighted by Crippen LogP contribution is 2.35. The average Bonchev–Trinajstić information content (AvgIpc) is 3.28. The number of nitrogens with zero attached hydrogens (tertiary/aromatic N) is 5. The van der Waals surface area contributed by atoms with E-state index in [0.29, 0.717) is 15.9 Å². The molecular weight excluding hydrogens is 651 g/mol. The summed E-state index contributed by atoms with van der Waals surface area (Å²) in [5.74, 6) is -1.86. The largest absolute Gasteiger partial charge is 0.482 e. The monoisotopic (exact) mass is 686 g/mol. The molecule has 0 unspecified atom stereocenters. The molecule has 0 spiro atoms. The molecule has 0 bridgehead atoms. The lowest BCUT2D eigenvalue weighted by molar-refractivity contribution is -0.153. The van der Waals surface area contributed by atoms with E-state index in [4.69, 9.17) is 19.5 Å². The fourth-order valence-corrected chi connectivity index (χ4v) is 4.37. The number of nitriles is 1. The zero-order chi connectivity index (χ0) is 33.7. The van der Waals surface area contributed by atoms with E-state index in [0.717, 1.165) is 11.0 Å². The predicted molar refractivity (Wildman–Crippen MR) is 166 cm³/mol. The summed E-state index contributed by atoms with van der Waals surface area (Å²) in [6, 6.07) is 8.73. The van der Waals surface area contributed by atoms with Crippen molar-refractivity contribution in [1.82, 2.24) is 20.1 Å². The molecular formula is C31H36BrFN6O6. The summed E-state index contributed by atoms with van der Waals surface area (Å²) in [4.78, 5) is 44.7. The highest BCUT2D eigenvalue weighted by molar-refractivity contribution is 9.10. The Morgan fingerprint density at radius 2 is 1.78 bits per heavy atom. The van der Waals surface area contributed by atoms with Gasteiger partial charge in [-0.25, -0.2) is 19.1 Å². The number of carbonyl (C=O) groups excluding carboxylic acids is 3. The van der Waals surface area contributed by atoms with Crippen LogP contribution in [0.5, 0.6) is 5.75 Å². The Kier molecular flexibility index (Phi) is 10.9. The Morgan fingerprint density at radius 1 is 1.11 bits per heavy atom. The minimum absolute atomic E-state index is 0.0234. The minimum atomic E-state index is -0.946. The summed E-state index contributed by atoms with van der Waals surface area (Å²) in [6.45, 7) is 11.2. The van der Waals surface area contributed by atoms with Crippen LogP contribution in [0.4, 0.5) is 15.0 Å². The molecule has 0 fully saturated rings. The lowest BCUT2D eigenvalue weighted by atomic mass is 10.0. The van der Waals surface area contributed by atoms with Crippen molar-refractivity contribution in [2.24, 2.45) is 7.05 Å². The summed E-state index contributed by atoms with van der Waals surface area (Å²) in [6.07, 6.45) is -0.408. The van der Waals surface area contributed by atoms with E-state index in [-0.39, 0.29) is 29.2 Å². The number of ether oxygens (including phenoxy) is 3. The first kappa shape index (κ1) is 35.0. The Hall–Kier alpha value is -4.51. The number of aromatic nitrogens is 3. The summed E-state index contributed by atoms with van der Waals surface area (Å²) in [7, 11) is 1.61. The number of hydrogen-bond donors (Lipinski definition) is 1. The van der Waals surface area contributed by atoms with Gasteiger partial charge in [-0.2, -0.15) is 10.4 Å². The van der Waals surface area contributed by atoms with Gasteiger partial charge in [0.1, 0.15) is 41.4 Å². The topological polar surface area (TPSA) is 149 Å². The Morgan fingerprint density at radius 3 is 2.38 bits per heavy atom. The molecule has 2 aromatic heterocycles. The van der Waals surface area contributed by atoms with Crippen molar-refractivity contribution in [3.63, 3.8) is 0 Å². The minimum Gasteiger partial charge on any atom is -0.482 e. The van der Waals surface area contributed by atoms with Gasteiger partial charge in [0, 0.05) is 28.8 Å². The molecule has 14 heteroatoms. The van der Waals surface area contributed by atoms with Gasteiger partial charge in [0.15, 0.2) is 11.6 Å². The van der Waals surface area contributed by atoms with Crippen molar-refractivity contribution in [3.8, 4) is 11.8 Å². The van der Waals surface area contributed by atoms with Crippen molar-refractivity contribution in [3.05, 3.63) is 69.3 Å². The number of rotatable bonds is 9. The Bertz CT molecular complexity index is 1620. The molecule has 3 rings (SSSR count). The Balaban J connectivity index is 1.95. The molecule has 240 valence electrons. The molecule has 0 saturated carbocycles. The smallest absolute Gasteiger partial charge is 0.416 e. The van der Waals surface area contributed by atoms with E-state index in [1.807, 2.05) is 6.07 Å². The molecule has 45 heavy (non-hydrogen) atoms. The molecule has 1 atom stereocenters. The van der Waals surface area contributed by atoms with Crippen LogP contribution in [-0.2, 0) is 27.9 Å². The third-order valence-corrected chi connectivity index (χ3v) is 6.28. The number of aryl methyl sites for hydroxylation is 1. The zero-order valence-electron chi connectivity index (χ0n) is 26.4. The fourth-order valence-electron chi connectivity index (χ4n) is 4.06. The molecule has 0 aliphatic rings. The number of amides is 2. The average molecular weight is 688 g/mol. The second-order valence-electron chi connectivity index (χ2n) is 12.1. The van der Waals surface area contributed by atoms with Gasteiger partial charge in [-0.15, -0.1) is 0 Å². The maximum absolute atomic E-state index is 14.5. The summed E-state index contributed by atoms with van der Waals surface area (Å²) in [5.41, 5.74) is -0.597. The van der Waals surface area contributed by atoms with Crippen LogP contribution in [0.15, 0.2) is 41.0 Å². The van der Waals surface area contributed by atoms with Crippen molar-refractivity contribution in [2.75, 3.05) is 11.4 Å². The lowest BCUT2D eigenvalue weighted by Crippen LogP contribution is -2.42. The zero-order valence-corrected chi connectivity index (χ0v) is 28.0. The van der Waals surface area contributed by atoms with Crippen LogP contribution in [0.1, 0.15) is 81.9 Å². The van der Waals surface area contributed by atoms with Crippen molar-refractivity contribution in [1.29, 1.82) is 5.26 Å². The van der Waals surface area contributed by atoms with Gasteiger partial charge in [0.05, 0.1) is 12.2 Å². The van der Waals surface area contributed by atoms with Crippen molar-refractivity contribution < 1.29 is 33.0 Å². The quantitative estimate of drug-likeness (QED) is 0.278. The lowest BCUT2D eigenvalue weighted by Gasteiger charge is -2.29. The van der Waals surface area contributed by atoms with Gasteiger partial charge in [-0.05, 0) is 94.7 Å². The summed E-state index contributed by atoms with van der Waals surface area (Å²) in [5, 5.41) is 16.1. The summed E-state index contributed by atoms with van der Waals surface area (Å²) < 4.78 is 33.6. The van der Waals surface area contributed by atoms with E-state index < -0.39 is 47.6 Å². The van der Waals surface area contributed by atoms with Crippen LogP contribution < -0.4 is 15.0 Å². The third-order valence-electron chi connectivity index (χ3n) is 5.85. The molecule has 2 heterocycles. The molecule has 0 saturated heterocycles. The van der Waals surface area contributed by atoms with Crippen LogP contribution in [0.2, 0.25) is 0 Å². The first-order chi connectivity index (χ1) is 20.9. The van der Waals surface area contributed by atoms with Crippen molar-refractivity contribution in [2.45, 2.75) is 72.3 Å². The van der Waals surface area contributed by atoms with E-state index in [1.54, 1.807) is 61.6 Å². The van der Waals surface area contributed by atoms with E-state index in [9.17, 15) is 18.8 Å². The second-order valence-corrected chi connectivity index (χ2v) is 13.0. The van der Waals surface area contributed by atoms with E-state index in [2.05, 4.69) is 31.3 Å². The molecule has 0 aliphatic carbocycles. The first-order valence-electron chi connectivity index (χ1n) is 13.9. The van der Waals surface area contributed by atoms with Gasteiger partial charge in [0.25, 0.3) is 5.91 Å². The Labute approximate surface area is 269 Å². The van der Waals surface area contributed by atoms with Crippen molar-refractivity contribution >= 4 is 39.7 Å². The normalized spacial score (nSPS) is 12.1. The molecule has 0 radical (unpaired) electrons. The third kappa shape index (κ3) is 10.0. The number of benzene rings is 1. The number of pyridine rings is 1. The molecule has 12 nitrogen and oxygen atoms in total. The maximum Gasteiger partial charge on any atom is 0.416 e. The fraction of sp³-hybridized carbons (Fsp3) is 0.419. The van der Waals surface area contributed by atoms with Gasteiger partial charge in [0.2, 0.25) is 0 Å². The standard InChI is InChI=1S/C31H36BrFN6O6/c1-18(24-12-20(33)9-10-23(24)28(41)36-16-21-13-22(14-34)38(8)37-21)43-25-11-19(32)15-35-27(25)39(29(42)45-31(5,6)7)17-26(40)44-30(2,3)4/h9-13,15,18H,16-17H2,1-8H3,(H,36,41)/t18-/m1/s1. The van der Waals surface area contributed by atoms with Crippen LogP contribution >= 0.6 is 15.9 Å². The highest BCUT2D eigenvalue weighted by atomic mass is 79.9. The number of halogens is 2. The second kappa shape index (κ2) is 14.1. The number of anilines is 1. The van der Waals surface area contributed by atoms with Gasteiger partial charge in [-0.1, -0.05) is 0 Å². The number of carbonyl (C=O) groups is 3. The number of nitrogens with one attached hydrogen (secondary N) is 1. The van der Waals surface area contributed by atoms with Crippen LogP contribution in [0.25, 0.3) is 0 Å². The number of hydrogen-bond acceptors (Lipinski definition) is 9. The molecule has 1 aromatic carbocycles. The van der Waals surface area contributed by atoms with E-state index in [1.165, 1.54) is 29.1 Å². The molecule has 3 aromatic rings. The predicted octanol–water partition coefficient (Wildman–Crippen LogP) is 5.74. The molecule has 0 aliphatic heterocycles. The van der Waals surface area contributed by atoms with Crippen LogP contribution in [0.3, 0.4) is 0 Å². The van der Waals surface area contributed by atoms with Gasteiger partial charge >= 0.3 is 12.1 Å². The molecule has 2 amide bonds. The number of esters is 1. The molecule has 1 N–H and O–H groups in total. The van der Waals surface area contributed by atoms with E-state index >= 15 is 0 Å². The highest BCUT2D eigenvalue weighted by Gasteiger charge is 2.31. The summed E-state index contributed by atoms with van der Waals surface area (Å²) >= 11 is 3.35.